The van der Waals surface area contributed by atoms with Crippen LogP contribution in [-0.4, -0.2) is 39.8 Å². The maximum Gasteiger partial charge on any atom is 0.273 e. The first-order valence-corrected chi connectivity index (χ1v) is 9.64. The molecule has 3 rings (SSSR count). The number of hydrogen-bond donors (Lipinski definition) is 2. The average Bonchev–Trinajstić information content (AvgIpc) is 2.81. The predicted octanol–water partition coefficient (Wildman–Crippen LogP) is 2.05. The Hall–Kier alpha value is -4.01. The minimum atomic E-state index is -0.393. The molecule has 3 aromatic rings. The van der Waals surface area contributed by atoms with Crippen molar-refractivity contribution in [1.82, 2.24) is 25.5 Å². The third-order valence-electron chi connectivity index (χ3n) is 4.36. The number of nitrogens with one attached hydrogen (secondary N) is 2. The van der Waals surface area contributed by atoms with E-state index in [0.717, 1.165) is 5.56 Å². The maximum atomic E-state index is 12.4. The maximum absolute atomic E-state index is 12.4. The first-order valence-electron chi connectivity index (χ1n) is 9.64. The van der Waals surface area contributed by atoms with Crippen LogP contribution in [0.4, 0.5) is 0 Å². The molecule has 0 atom stereocenters. The van der Waals surface area contributed by atoms with Crippen molar-refractivity contribution in [2.45, 2.75) is 19.4 Å². The molecule has 1 aromatic carbocycles. The molecule has 0 spiro atoms. The van der Waals surface area contributed by atoms with Crippen LogP contribution in [0.5, 0.6) is 11.5 Å². The van der Waals surface area contributed by atoms with E-state index < -0.39 is 5.56 Å². The summed E-state index contributed by atoms with van der Waals surface area (Å²) in [6.07, 6.45) is 5.29. The average molecular weight is 421 g/mol. The Morgan fingerprint density at radius 2 is 2.13 bits per heavy atom. The molecule has 0 saturated heterocycles. The predicted molar refractivity (Wildman–Crippen MR) is 115 cm³/mol. The fourth-order valence-electron chi connectivity index (χ4n) is 2.76. The van der Waals surface area contributed by atoms with Crippen molar-refractivity contribution in [2.24, 2.45) is 0 Å². The molecule has 0 saturated carbocycles. The van der Waals surface area contributed by atoms with Gasteiger partial charge in [0.25, 0.3) is 5.56 Å². The fraction of sp³-hybridized carbons (Fsp3) is 0.227. The smallest absolute Gasteiger partial charge is 0.273 e. The molecule has 9 nitrogen and oxygen atoms in total. The van der Waals surface area contributed by atoms with E-state index in [2.05, 4.69) is 32.1 Å². The molecule has 0 fully saturated rings. The first-order chi connectivity index (χ1) is 15.1. The molecule has 0 bridgehead atoms. The van der Waals surface area contributed by atoms with E-state index in [1.54, 1.807) is 42.7 Å². The summed E-state index contributed by atoms with van der Waals surface area (Å²) in [4.78, 5) is 31.1. The standard InChI is InChI=1S/C22H23N5O4/c1-3-11-31-18-8-6-16(12-19(18)30-2)21-25-22(29)17(26-27-21)7-9-20(28)24-14-15-5-4-10-23-13-15/h3-6,8,10,12-13H,1,7,9,11,14H2,2H3,(H,24,28)(H,25,27,29). The largest absolute Gasteiger partial charge is 0.493 e. The quantitative estimate of drug-likeness (QED) is 0.481. The Labute approximate surface area is 179 Å². The number of aromatic amines is 1. The third-order valence-corrected chi connectivity index (χ3v) is 4.36. The van der Waals surface area contributed by atoms with Crippen LogP contribution in [0.25, 0.3) is 11.4 Å². The highest BCUT2D eigenvalue weighted by Crippen LogP contribution is 2.31. The summed E-state index contributed by atoms with van der Waals surface area (Å²) in [7, 11) is 1.52. The number of ether oxygens (including phenoxy) is 2. The molecule has 9 heteroatoms. The van der Waals surface area contributed by atoms with E-state index in [1.165, 1.54) is 7.11 Å². The van der Waals surface area contributed by atoms with Gasteiger partial charge in [0, 0.05) is 37.3 Å². The zero-order valence-electron chi connectivity index (χ0n) is 17.1. The van der Waals surface area contributed by atoms with Crippen LogP contribution in [0.3, 0.4) is 0 Å². The van der Waals surface area contributed by atoms with E-state index in [4.69, 9.17) is 9.47 Å². The van der Waals surface area contributed by atoms with Crippen LogP contribution in [0.1, 0.15) is 17.7 Å². The number of carbonyl (C=O) groups excluding carboxylic acids is 1. The number of pyridine rings is 1. The highest BCUT2D eigenvalue weighted by atomic mass is 16.5. The van der Waals surface area contributed by atoms with Gasteiger partial charge in [-0.1, -0.05) is 18.7 Å². The van der Waals surface area contributed by atoms with Crippen molar-refractivity contribution in [3.05, 3.63) is 77.0 Å². The highest BCUT2D eigenvalue weighted by Gasteiger charge is 2.12. The van der Waals surface area contributed by atoms with E-state index >= 15 is 0 Å². The van der Waals surface area contributed by atoms with Gasteiger partial charge in [0.15, 0.2) is 17.3 Å². The second-order valence-corrected chi connectivity index (χ2v) is 6.55. The first kappa shape index (κ1) is 21.7. The summed E-state index contributed by atoms with van der Waals surface area (Å²) in [6, 6.07) is 8.83. The SMILES string of the molecule is C=CCOc1ccc(-c2nnc(CCC(=O)NCc3cccnc3)c(=O)[nH]2)cc1OC. The molecule has 1 amide bonds. The number of rotatable bonds is 10. The Morgan fingerprint density at radius 3 is 2.84 bits per heavy atom. The molecule has 0 radical (unpaired) electrons. The Balaban J connectivity index is 1.62. The van der Waals surface area contributed by atoms with Gasteiger partial charge in [-0.2, -0.15) is 0 Å². The van der Waals surface area contributed by atoms with Gasteiger partial charge in [-0.3, -0.25) is 14.6 Å². The minimum absolute atomic E-state index is 0.126. The number of nitrogens with zero attached hydrogens (tertiary/aromatic N) is 3. The van der Waals surface area contributed by atoms with Crippen LogP contribution in [0.2, 0.25) is 0 Å². The lowest BCUT2D eigenvalue weighted by Crippen LogP contribution is -2.25. The lowest BCUT2D eigenvalue weighted by molar-refractivity contribution is -0.121. The van der Waals surface area contributed by atoms with Crippen LogP contribution < -0.4 is 20.3 Å². The van der Waals surface area contributed by atoms with E-state index in [-0.39, 0.29) is 24.4 Å². The molecule has 0 aliphatic rings. The van der Waals surface area contributed by atoms with Gasteiger partial charge in [-0.05, 0) is 29.8 Å². The number of benzene rings is 1. The molecule has 0 aliphatic heterocycles. The van der Waals surface area contributed by atoms with Gasteiger partial charge in [0.1, 0.15) is 12.3 Å². The molecular formula is C22H23N5O4. The topological polar surface area (TPSA) is 119 Å². The van der Waals surface area contributed by atoms with Crippen molar-refractivity contribution in [1.29, 1.82) is 0 Å². The van der Waals surface area contributed by atoms with E-state index in [0.29, 0.717) is 36.0 Å². The number of aromatic nitrogens is 4. The van der Waals surface area contributed by atoms with Gasteiger partial charge >= 0.3 is 0 Å². The fourth-order valence-corrected chi connectivity index (χ4v) is 2.76. The Bertz CT molecular complexity index is 1100. The van der Waals surface area contributed by atoms with Gasteiger partial charge in [-0.25, -0.2) is 0 Å². The molecule has 31 heavy (non-hydrogen) atoms. The monoisotopic (exact) mass is 421 g/mol. The van der Waals surface area contributed by atoms with Crippen molar-refractivity contribution >= 4 is 5.91 Å². The molecule has 2 aromatic heterocycles. The van der Waals surface area contributed by atoms with Crippen LogP contribution in [0.15, 0.2) is 60.2 Å². The van der Waals surface area contributed by atoms with Gasteiger partial charge in [0.2, 0.25) is 5.91 Å². The van der Waals surface area contributed by atoms with Gasteiger partial charge in [-0.15, -0.1) is 10.2 Å². The molecule has 2 heterocycles. The zero-order chi connectivity index (χ0) is 22.1. The number of hydrogen-bond acceptors (Lipinski definition) is 7. The third kappa shape index (κ3) is 5.99. The number of amides is 1. The molecule has 0 unspecified atom stereocenters. The van der Waals surface area contributed by atoms with E-state index in [1.807, 2.05) is 6.07 Å². The summed E-state index contributed by atoms with van der Waals surface area (Å²) in [5, 5.41) is 10.9. The van der Waals surface area contributed by atoms with Gasteiger partial charge in [0.05, 0.1) is 7.11 Å². The van der Waals surface area contributed by atoms with Crippen LogP contribution in [-0.2, 0) is 17.8 Å². The van der Waals surface area contributed by atoms with E-state index in [9.17, 15) is 9.59 Å². The molecule has 2 N–H and O–H groups in total. The molecular weight excluding hydrogens is 398 g/mol. The summed E-state index contributed by atoms with van der Waals surface area (Å²) in [5.74, 6) is 1.16. The molecule has 160 valence electrons. The zero-order valence-corrected chi connectivity index (χ0v) is 17.1. The molecule has 0 aliphatic carbocycles. The summed E-state index contributed by atoms with van der Waals surface area (Å²) in [6.45, 7) is 4.33. The Kier molecular flexibility index (Phi) is 7.47. The second-order valence-electron chi connectivity index (χ2n) is 6.55. The van der Waals surface area contributed by atoms with Crippen molar-refractivity contribution in [2.75, 3.05) is 13.7 Å². The lowest BCUT2D eigenvalue weighted by Gasteiger charge is -2.10. The minimum Gasteiger partial charge on any atom is -0.493 e. The normalized spacial score (nSPS) is 10.4. The summed E-state index contributed by atoms with van der Waals surface area (Å²) >= 11 is 0. The number of aryl methyl sites for hydroxylation is 1. The van der Waals surface area contributed by atoms with Gasteiger partial charge < -0.3 is 19.8 Å². The lowest BCUT2D eigenvalue weighted by atomic mass is 10.2. The number of methoxy groups -OCH3 is 1. The van der Waals surface area contributed by atoms with Crippen LogP contribution >= 0.6 is 0 Å². The number of H-pyrrole nitrogens is 1. The summed E-state index contributed by atoms with van der Waals surface area (Å²) in [5.41, 5.74) is 1.32. The van der Waals surface area contributed by atoms with Crippen molar-refractivity contribution in [3.63, 3.8) is 0 Å². The summed E-state index contributed by atoms with van der Waals surface area (Å²) < 4.78 is 10.9. The van der Waals surface area contributed by atoms with Crippen molar-refractivity contribution in [3.8, 4) is 22.9 Å². The Morgan fingerprint density at radius 1 is 1.26 bits per heavy atom. The van der Waals surface area contributed by atoms with Crippen LogP contribution in [0, 0.1) is 0 Å². The second kappa shape index (κ2) is 10.7. The number of carbonyl (C=O) groups is 1. The van der Waals surface area contributed by atoms with Crippen molar-refractivity contribution < 1.29 is 14.3 Å². The highest BCUT2D eigenvalue weighted by molar-refractivity contribution is 5.76.